The number of aliphatic hydroxyl groups excluding tert-OH is 1. The van der Waals surface area contributed by atoms with Gasteiger partial charge in [-0.3, -0.25) is 0 Å². The van der Waals surface area contributed by atoms with Gasteiger partial charge in [0.15, 0.2) is 0 Å². The molecule has 1 aliphatic heterocycles. The smallest absolute Gasteiger partial charge is 0.244 e. The molecule has 0 bridgehead atoms. The molecule has 1 N–H and O–H groups in total. The van der Waals surface area contributed by atoms with Crippen LogP contribution in [-0.2, 0) is 10.0 Å². The zero-order valence-corrected chi connectivity index (χ0v) is 11.6. The average Bonchev–Trinajstić information content (AvgIpc) is 2.29. The SMILES string of the molecule is O=S(=O)(c1ccccc1Br)N1CCCC(O)C1. The molecule has 1 unspecified atom stereocenters. The average molecular weight is 320 g/mol. The number of piperidine rings is 1. The van der Waals surface area contributed by atoms with Crippen LogP contribution < -0.4 is 0 Å². The van der Waals surface area contributed by atoms with Crippen molar-refractivity contribution in [1.82, 2.24) is 4.31 Å². The molecule has 94 valence electrons. The Balaban J connectivity index is 2.33. The number of nitrogens with zero attached hydrogens (tertiary/aromatic N) is 1. The molecule has 1 atom stereocenters. The van der Waals surface area contributed by atoms with Crippen molar-refractivity contribution in [2.75, 3.05) is 13.1 Å². The minimum atomic E-state index is -3.50. The first-order valence-electron chi connectivity index (χ1n) is 5.44. The van der Waals surface area contributed by atoms with Crippen LogP contribution in [0.1, 0.15) is 12.8 Å². The van der Waals surface area contributed by atoms with E-state index in [-0.39, 0.29) is 11.4 Å². The van der Waals surface area contributed by atoms with Crippen molar-refractivity contribution < 1.29 is 13.5 Å². The molecule has 0 aromatic heterocycles. The predicted octanol–water partition coefficient (Wildman–Crippen LogP) is 1.59. The molecular formula is C11H14BrNO3S. The lowest BCUT2D eigenvalue weighted by Crippen LogP contribution is -2.42. The summed E-state index contributed by atoms with van der Waals surface area (Å²) in [4.78, 5) is 0.258. The monoisotopic (exact) mass is 319 g/mol. The summed E-state index contributed by atoms with van der Waals surface area (Å²) in [5, 5.41) is 9.54. The standard InChI is InChI=1S/C11H14BrNO3S/c12-10-5-1-2-6-11(10)17(15,16)13-7-3-4-9(14)8-13/h1-2,5-6,9,14H,3-4,7-8H2. The lowest BCUT2D eigenvalue weighted by molar-refractivity contribution is 0.108. The van der Waals surface area contributed by atoms with Gasteiger partial charge in [-0.2, -0.15) is 4.31 Å². The molecule has 1 aromatic carbocycles. The summed E-state index contributed by atoms with van der Waals surface area (Å²) in [5.41, 5.74) is 0. The third kappa shape index (κ3) is 2.70. The largest absolute Gasteiger partial charge is 0.392 e. The maximum Gasteiger partial charge on any atom is 0.244 e. The van der Waals surface area contributed by atoms with Crippen LogP contribution in [0.4, 0.5) is 0 Å². The van der Waals surface area contributed by atoms with E-state index in [0.29, 0.717) is 23.9 Å². The molecule has 1 saturated heterocycles. The highest BCUT2D eigenvalue weighted by Crippen LogP contribution is 2.26. The summed E-state index contributed by atoms with van der Waals surface area (Å²) in [6, 6.07) is 6.74. The molecular weight excluding hydrogens is 306 g/mol. The molecule has 1 heterocycles. The molecule has 1 aromatic rings. The maximum atomic E-state index is 12.3. The van der Waals surface area contributed by atoms with E-state index in [1.54, 1.807) is 24.3 Å². The third-order valence-electron chi connectivity index (χ3n) is 2.81. The highest BCUT2D eigenvalue weighted by atomic mass is 79.9. The number of sulfonamides is 1. The van der Waals surface area contributed by atoms with Crippen molar-refractivity contribution in [1.29, 1.82) is 0 Å². The quantitative estimate of drug-likeness (QED) is 0.900. The van der Waals surface area contributed by atoms with E-state index in [1.165, 1.54) is 4.31 Å². The lowest BCUT2D eigenvalue weighted by Gasteiger charge is -2.29. The number of hydrogen-bond donors (Lipinski definition) is 1. The van der Waals surface area contributed by atoms with Crippen molar-refractivity contribution in [2.24, 2.45) is 0 Å². The van der Waals surface area contributed by atoms with Gasteiger partial charge in [-0.05, 0) is 40.9 Å². The molecule has 2 rings (SSSR count). The molecule has 0 saturated carbocycles. The third-order valence-corrected chi connectivity index (χ3v) is 5.69. The molecule has 4 nitrogen and oxygen atoms in total. The minimum Gasteiger partial charge on any atom is -0.392 e. The molecule has 6 heteroatoms. The van der Waals surface area contributed by atoms with Crippen molar-refractivity contribution in [3.05, 3.63) is 28.7 Å². The van der Waals surface area contributed by atoms with Gasteiger partial charge in [0.05, 0.1) is 11.0 Å². The van der Waals surface area contributed by atoms with Crippen molar-refractivity contribution in [2.45, 2.75) is 23.8 Å². The molecule has 1 fully saturated rings. The number of hydrogen-bond acceptors (Lipinski definition) is 3. The maximum absolute atomic E-state index is 12.3. The van der Waals surface area contributed by atoms with E-state index in [0.717, 1.165) is 0 Å². The van der Waals surface area contributed by atoms with Gasteiger partial charge in [-0.15, -0.1) is 0 Å². The van der Waals surface area contributed by atoms with Gasteiger partial charge in [-0.25, -0.2) is 8.42 Å². The highest BCUT2D eigenvalue weighted by Gasteiger charge is 2.30. The zero-order chi connectivity index (χ0) is 12.5. The predicted molar refractivity (Wildman–Crippen MR) is 68.1 cm³/mol. The second-order valence-corrected chi connectivity index (χ2v) is 6.85. The fraction of sp³-hybridized carbons (Fsp3) is 0.455. The number of aliphatic hydroxyl groups is 1. The Morgan fingerprint density at radius 1 is 1.35 bits per heavy atom. The normalized spacial score (nSPS) is 22.6. The number of rotatable bonds is 2. The fourth-order valence-electron chi connectivity index (χ4n) is 1.93. The fourth-order valence-corrected chi connectivity index (χ4v) is 4.41. The van der Waals surface area contributed by atoms with Crippen molar-refractivity contribution in [3.8, 4) is 0 Å². The van der Waals surface area contributed by atoms with Gasteiger partial charge in [0.25, 0.3) is 0 Å². The van der Waals surface area contributed by atoms with Crippen LogP contribution in [0.5, 0.6) is 0 Å². The molecule has 1 aliphatic rings. The summed E-state index contributed by atoms with van der Waals surface area (Å²) in [7, 11) is -3.50. The zero-order valence-electron chi connectivity index (χ0n) is 9.21. The van der Waals surface area contributed by atoms with Crippen LogP contribution in [0.3, 0.4) is 0 Å². The van der Waals surface area contributed by atoms with E-state index in [1.807, 2.05) is 0 Å². The molecule has 0 radical (unpaired) electrons. The first kappa shape index (κ1) is 13.0. The van der Waals surface area contributed by atoms with Gasteiger partial charge in [0, 0.05) is 17.6 Å². The van der Waals surface area contributed by atoms with Crippen LogP contribution >= 0.6 is 15.9 Å². The molecule has 0 aliphatic carbocycles. The van der Waals surface area contributed by atoms with Crippen LogP contribution in [0, 0.1) is 0 Å². The second kappa shape index (κ2) is 5.06. The van der Waals surface area contributed by atoms with Gasteiger partial charge in [-0.1, -0.05) is 12.1 Å². The molecule has 17 heavy (non-hydrogen) atoms. The first-order chi connectivity index (χ1) is 8.01. The minimum absolute atomic E-state index is 0.184. The van der Waals surface area contributed by atoms with Crippen LogP contribution in [0.2, 0.25) is 0 Å². The van der Waals surface area contributed by atoms with E-state index >= 15 is 0 Å². The second-order valence-electron chi connectivity index (χ2n) is 4.09. The first-order valence-corrected chi connectivity index (χ1v) is 7.68. The summed E-state index contributed by atoms with van der Waals surface area (Å²) < 4.78 is 26.6. The van der Waals surface area contributed by atoms with Gasteiger partial charge >= 0.3 is 0 Å². The van der Waals surface area contributed by atoms with Crippen molar-refractivity contribution in [3.63, 3.8) is 0 Å². The summed E-state index contributed by atoms with van der Waals surface area (Å²) in [6.45, 7) is 0.657. The van der Waals surface area contributed by atoms with E-state index in [9.17, 15) is 13.5 Å². The Morgan fingerprint density at radius 2 is 2.06 bits per heavy atom. The Kier molecular flexibility index (Phi) is 3.87. The van der Waals surface area contributed by atoms with Gasteiger partial charge < -0.3 is 5.11 Å². The van der Waals surface area contributed by atoms with Gasteiger partial charge in [0.2, 0.25) is 10.0 Å². The highest BCUT2D eigenvalue weighted by molar-refractivity contribution is 9.10. The summed E-state index contributed by atoms with van der Waals surface area (Å²) in [5.74, 6) is 0. The Labute approximate surface area is 109 Å². The summed E-state index contributed by atoms with van der Waals surface area (Å²) in [6.07, 6.45) is 0.813. The van der Waals surface area contributed by atoms with Crippen LogP contribution in [0.25, 0.3) is 0 Å². The van der Waals surface area contributed by atoms with E-state index in [2.05, 4.69) is 15.9 Å². The van der Waals surface area contributed by atoms with Crippen LogP contribution in [-0.4, -0.2) is 37.0 Å². The number of benzene rings is 1. The summed E-state index contributed by atoms with van der Waals surface area (Å²) >= 11 is 3.25. The lowest BCUT2D eigenvalue weighted by atomic mass is 10.1. The Bertz CT molecular complexity index is 503. The van der Waals surface area contributed by atoms with E-state index < -0.39 is 16.1 Å². The topological polar surface area (TPSA) is 57.6 Å². The van der Waals surface area contributed by atoms with Crippen LogP contribution in [0.15, 0.2) is 33.6 Å². The molecule has 0 amide bonds. The van der Waals surface area contributed by atoms with Gasteiger partial charge in [0.1, 0.15) is 0 Å². The van der Waals surface area contributed by atoms with E-state index in [4.69, 9.17) is 0 Å². The molecule has 0 spiro atoms. The Morgan fingerprint density at radius 3 is 2.71 bits per heavy atom. The number of β-amino-alcohol motifs (C(OH)–C–C–N with tert-alkyl or cyclic N) is 1. The Hall–Kier alpha value is -0.430. The van der Waals surface area contributed by atoms with Crippen molar-refractivity contribution >= 4 is 26.0 Å². The number of halogens is 1.